The van der Waals surface area contributed by atoms with Gasteiger partial charge >= 0.3 is 11.8 Å². The maximum Gasteiger partial charge on any atom is 0.301 e. The summed E-state index contributed by atoms with van der Waals surface area (Å²) >= 11 is 0. The van der Waals surface area contributed by atoms with E-state index in [1.807, 2.05) is 0 Å². The van der Waals surface area contributed by atoms with Gasteiger partial charge in [0.15, 0.2) is 13.3 Å². The van der Waals surface area contributed by atoms with Gasteiger partial charge in [0, 0.05) is 22.5 Å². The highest BCUT2D eigenvalue weighted by Gasteiger charge is 2.38. The van der Waals surface area contributed by atoms with Gasteiger partial charge in [-0.1, -0.05) is 12.1 Å². The minimum absolute atomic E-state index is 0.0869. The molecule has 4 N–H and O–H groups in total. The van der Waals surface area contributed by atoms with E-state index in [0.717, 1.165) is 24.3 Å². The topological polar surface area (TPSA) is 52.0 Å². The molecule has 0 unspecified atom stereocenters. The molecular weight excluding hydrogens is 334 g/mol. The van der Waals surface area contributed by atoms with E-state index < -0.39 is 36.3 Å². The van der Waals surface area contributed by atoms with Crippen molar-refractivity contribution in [3.63, 3.8) is 0 Å². The molecule has 0 aliphatic carbocycles. The molecule has 24 heavy (non-hydrogen) atoms. The fraction of sp³-hybridized carbons (Fsp3) is 0.250. The van der Waals surface area contributed by atoms with E-state index in [2.05, 4.69) is 0 Å². The Bertz CT molecular complexity index is 682. The van der Waals surface area contributed by atoms with Crippen molar-refractivity contribution < 1.29 is 26.3 Å². The molecule has 0 saturated heterocycles. The SMILES string of the molecule is Nc1ccc(-c2ccc(N)cc2C(F)(F)CF)c(C(F)(F)CF)c1. The van der Waals surface area contributed by atoms with Gasteiger partial charge in [0.25, 0.3) is 0 Å². The molecule has 130 valence electrons. The molecule has 0 radical (unpaired) electrons. The first kappa shape index (κ1) is 18.0. The molecule has 0 aliphatic rings. The number of anilines is 2. The van der Waals surface area contributed by atoms with Crippen LogP contribution in [0.5, 0.6) is 0 Å². The first-order valence-corrected chi connectivity index (χ1v) is 6.80. The Morgan fingerprint density at radius 3 is 1.29 bits per heavy atom. The summed E-state index contributed by atoms with van der Waals surface area (Å²) < 4.78 is 81.0. The van der Waals surface area contributed by atoms with Crippen LogP contribution in [-0.4, -0.2) is 13.3 Å². The molecule has 2 aromatic rings. The molecule has 8 heteroatoms. The van der Waals surface area contributed by atoms with Crippen LogP contribution in [0.4, 0.5) is 37.7 Å². The second-order valence-corrected chi connectivity index (χ2v) is 5.29. The van der Waals surface area contributed by atoms with Crippen LogP contribution < -0.4 is 11.5 Å². The van der Waals surface area contributed by atoms with Crippen molar-refractivity contribution in [3.05, 3.63) is 47.5 Å². The lowest BCUT2D eigenvalue weighted by Crippen LogP contribution is -2.20. The molecular formula is C16H14F6N2. The molecule has 0 atom stereocenters. The Morgan fingerprint density at radius 2 is 1.00 bits per heavy atom. The number of rotatable bonds is 5. The molecule has 0 bridgehead atoms. The molecule has 2 rings (SSSR count). The van der Waals surface area contributed by atoms with E-state index in [-0.39, 0.29) is 22.5 Å². The van der Waals surface area contributed by atoms with Gasteiger partial charge in [-0.3, -0.25) is 0 Å². The molecule has 0 saturated carbocycles. The minimum Gasteiger partial charge on any atom is -0.399 e. The summed E-state index contributed by atoms with van der Waals surface area (Å²) in [6.07, 6.45) is 0. The number of halogens is 6. The van der Waals surface area contributed by atoms with Crippen molar-refractivity contribution in [2.45, 2.75) is 11.8 Å². The summed E-state index contributed by atoms with van der Waals surface area (Å²) in [5.74, 6) is -7.87. The number of nitrogen functional groups attached to an aromatic ring is 2. The second kappa shape index (κ2) is 6.26. The fourth-order valence-corrected chi connectivity index (χ4v) is 2.34. The van der Waals surface area contributed by atoms with Gasteiger partial charge in [-0.25, -0.2) is 8.78 Å². The highest BCUT2D eigenvalue weighted by molar-refractivity contribution is 5.76. The lowest BCUT2D eigenvalue weighted by Gasteiger charge is -2.22. The Kier molecular flexibility index (Phi) is 4.68. The van der Waals surface area contributed by atoms with Crippen LogP contribution in [0.1, 0.15) is 11.1 Å². The van der Waals surface area contributed by atoms with E-state index in [1.54, 1.807) is 0 Å². The summed E-state index contributed by atoms with van der Waals surface area (Å²) in [5, 5.41) is 0. The molecule has 0 spiro atoms. The zero-order valence-electron chi connectivity index (χ0n) is 12.3. The van der Waals surface area contributed by atoms with Crippen molar-refractivity contribution in [1.82, 2.24) is 0 Å². The normalized spacial score (nSPS) is 12.4. The molecule has 2 aromatic carbocycles. The third-order valence-electron chi connectivity index (χ3n) is 3.50. The van der Waals surface area contributed by atoms with E-state index in [9.17, 15) is 26.3 Å². The largest absolute Gasteiger partial charge is 0.399 e. The van der Waals surface area contributed by atoms with E-state index in [1.165, 1.54) is 12.1 Å². The Morgan fingerprint density at radius 1 is 0.667 bits per heavy atom. The zero-order valence-corrected chi connectivity index (χ0v) is 12.3. The smallest absolute Gasteiger partial charge is 0.301 e. The van der Waals surface area contributed by atoms with Crippen LogP contribution >= 0.6 is 0 Å². The Hall–Kier alpha value is -2.38. The van der Waals surface area contributed by atoms with Crippen molar-refractivity contribution in [3.8, 4) is 11.1 Å². The molecule has 0 aliphatic heterocycles. The highest BCUT2D eigenvalue weighted by Crippen LogP contribution is 2.43. The number of alkyl halides is 6. The molecule has 0 aromatic heterocycles. The maximum absolute atomic E-state index is 13.9. The summed E-state index contributed by atoms with van der Waals surface area (Å²) in [7, 11) is 0. The van der Waals surface area contributed by atoms with Gasteiger partial charge in [-0.05, 0) is 35.4 Å². The van der Waals surface area contributed by atoms with Crippen molar-refractivity contribution in [1.29, 1.82) is 0 Å². The summed E-state index contributed by atoms with van der Waals surface area (Å²) in [6, 6.07) is 6.17. The molecule has 2 nitrogen and oxygen atoms in total. The van der Waals surface area contributed by atoms with Crippen molar-refractivity contribution in [2.75, 3.05) is 24.8 Å². The second-order valence-electron chi connectivity index (χ2n) is 5.29. The van der Waals surface area contributed by atoms with Crippen LogP contribution in [0.15, 0.2) is 36.4 Å². The third-order valence-corrected chi connectivity index (χ3v) is 3.50. The van der Waals surface area contributed by atoms with Gasteiger partial charge in [-0.15, -0.1) is 0 Å². The van der Waals surface area contributed by atoms with Crippen molar-refractivity contribution in [2.24, 2.45) is 0 Å². The van der Waals surface area contributed by atoms with Crippen LogP contribution in [-0.2, 0) is 11.8 Å². The summed E-state index contributed by atoms with van der Waals surface area (Å²) in [4.78, 5) is 0. The minimum atomic E-state index is -3.94. The van der Waals surface area contributed by atoms with Crippen LogP contribution in [0.2, 0.25) is 0 Å². The summed E-state index contributed by atoms with van der Waals surface area (Å²) in [5.41, 5.74) is 8.28. The van der Waals surface area contributed by atoms with E-state index in [4.69, 9.17) is 11.5 Å². The van der Waals surface area contributed by atoms with Gasteiger partial charge < -0.3 is 11.5 Å². The van der Waals surface area contributed by atoms with Crippen LogP contribution in [0.3, 0.4) is 0 Å². The van der Waals surface area contributed by atoms with E-state index >= 15 is 0 Å². The predicted molar refractivity (Wildman–Crippen MR) is 80.4 cm³/mol. The predicted octanol–water partition coefficient (Wildman–Crippen LogP) is 4.64. The van der Waals surface area contributed by atoms with Gasteiger partial charge in [0.05, 0.1) is 0 Å². The third kappa shape index (κ3) is 3.27. The molecule has 0 fully saturated rings. The maximum atomic E-state index is 13.9. The average Bonchev–Trinajstić information content (AvgIpc) is 2.55. The highest BCUT2D eigenvalue weighted by atomic mass is 19.3. The lowest BCUT2D eigenvalue weighted by atomic mass is 9.90. The first-order valence-electron chi connectivity index (χ1n) is 6.80. The number of nitrogens with two attached hydrogens (primary N) is 2. The molecule has 0 heterocycles. The fourth-order valence-electron chi connectivity index (χ4n) is 2.34. The van der Waals surface area contributed by atoms with Crippen molar-refractivity contribution >= 4 is 11.4 Å². The standard InChI is InChI=1S/C16H14F6N2/c17-7-15(19,20)13-5-9(23)1-3-11(13)12-4-2-10(24)6-14(12)16(21,22)8-18/h1-6H,7-8,23-24H2. The number of hydrogen-bond acceptors (Lipinski definition) is 2. The number of benzene rings is 2. The van der Waals surface area contributed by atoms with Crippen LogP contribution in [0.25, 0.3) is 11.1 Å². The first-order chi connectivity index (χ1) is 11.1. The van der Waals surface area contributed by atoms with Gasteiger partial charge in [-0.2, -0.15) is 17.6 Å². The van der Waals surface area contributed by atoms with Gasteiger partial charge in [0.2, 0.25) is 0 Å². The Balaban J connectivity index is 2.79. The summed E-state index contributed by atoms with van der Waals surface area (Å²) in [6.45, 7) is -4.07. The average molecular weight is 348 g/mol. The quantitative estimate of drug-likeness (QED) is 0.611. The number of hydrogen-bond donors (Lipinski definition) is 2. The monoisotopic (exact) mass is 348 g/mol. The van der Waals surface area contributed by atoms with Crippen LogP contribution in [0, 0.1) is 0 Å². The lowest BCUT2D eigenvalue weighted by molar-refractivity contribution is -0.0294. The Labute approximate surface area is 134 Å². The molecule has 0 amide bonds. The van der Waals surface area contributed by atoms with Gasteiger partial charge in [0.1, 0.15) is 0 Å². The zero-order chi connectivity index (χ0) is 18.1. The van der Waals surface area contributed by atoms with E-state index in [0.29, 0.717) is 0 Å².